The summed E-state index contributed by atoms with van der Waals surface area (Å²) in [6, 6.07) is 7.56. The lowest BCUT2D eigenvalue weighted by Gasteiger charge is -2.15. The van der Waals surface area contributed by atoms with Crippen LogP contribution in [0.1, 0.15) is 30.7 Å². The molecule has 0 saturated carbocycles. The van der Waals surface area contributed by atoms with Gasteiger partial charge in [-0.2, -0.15) is 0 Å². The Bertz CT molecular complexity index is 355. The van der Waals surface area contributed by atoms with E-state index in [1.807, 2.05) is 24.3 Å². The Morgan fingerprint density at radius 1 is 1.44 bits per heavy atom. The highest BCUT2D eigenvalue weighted by Gasteiger charge is 2.13. The Hall–Kier alpha value is -1.06. The molecule has 0 spiro atoms. The molecule has 88 valence electrons. The lowest BCUT2D eigenvalue weighted by molar-refractivity contribution is -0.137. The fraction of sp³-hybridized carbons (Fsp3) is 0.417. The van der Waals surface area contributed by atoms with Crippen LogP contribution in [-0.4, -0.2) is 17.6 Å². The van der Waals surface area contributed by atoms with Crippen molar-refractivity contribution in [1.82, 2.24) is 0 Å². The first-order valence-electron chi connectivity index (χ1n) is 5.31. The third-order valence-corrected chi connectivity index (χ3v) is 2.92. The van der Waals surface area contributed by atoms with E-state index < -0.39 is 5.97 Å². The fourth-order valence-electron chi connectivity index (χ4n) is 1.71. The molecule has 3 N–H and O–H groups in total. The van der Waals surface area contributed by atoms with Crippen LogP contribution >= 0.6 is 11.6 Å². The number of carbonyl (C=O) groups is 1. The number of aliphatic carboxylic acids is 1. The number of carboxylic acid groups (broad SMARTS) is 1. The van der Waals surface area contributed by atoms with E-state index in [2.05, 4.69) is 0 Å². The average molecular weight is 242 g/mol. The average Bonchev–Trinajstić information content (AvgIpc) is 2.25. The van der Waals surface area contributed by atoms with Crippen LogP contribution in [0.25, 0.3) is 0 Å². The lowest BCUT2D eigenvalue weighted by atomic mass is 9.93. The molecule has 16 heavy (non-hydrogen) atoms. The van der Waals surface area contributed by atoms with Crippen molar-refractivity contribution in [3.8, 4) is 0 Å². The largest absolute Gasteiger partial charge is 0.481 e. The van der Waals surface area contributed by atoms with Crippen molar-refractivity contribution in [2.45, 2.75) is 25.2 Å². The van der Waals surface area contributed by atoms with Gasteiger partial charge in [-0.3, -0.25) is 4.79 Å². The van der Waals surface area contributed by atoms with Gasteiger partial charge in [-0.15, -0.1) is 0 Å². The van der Waals surface area contributed by atoms with E-state index in [9.17, 15) is 4.79 Å². The van der Waals surface area contributed by atoms with E-state index >= 15 is 0 Å². The maximum absolute atomic E-state index is 10.4. The molecule has 1 rings (SSSR count). The molecule has 0 saturated heterocycles. The van der Waals surface area contributed by atoms with Gasteiger partial charge in [-0.05, 0) is 36.9 Å². The van der Waals surface area contributed by atoms with Crippen molar-refractivity contribution in [2.24, 2.45) is 5.73 Å². The SMILES string of the molecule is NCC(CCCC(=O)O)c1ccccc1Cl. The summed E-state index contributed by atoms with van der Waals surface area (Å²) in [5.41, 5.74) is 6.70. The number of hydrogen-bond donors (Lipinski definition) is 2. The van der Waals surface area contributed by atoms with E-state index in [1.165, 1.54) is 0 Å². The third kappa shape index (κ3) is 3.83. The molecule has 1 aromatic rings. The first kappa shape index (κ1) is 13.0. The van der Waals surface area contributed by atoms with Crippen molar-refractivity contribution in [1.29, 1.82) is 0 Å². The van der Waals surface area contributed by atoms with Crippen LogP contribution in [0.5, 0.6) is 0 Å². The van der Waals surface area contributed by atoms with Gasteiger partial charge in [0.25, 0.3) is 0 Å². The first-order valence-corrected chi connectivity index (χ1v) is 5.69. The summed E-state index contributed by atoms with van der Waals surface area (Å²) in [4.78, 5) is 10.4. The number of hydrogen-bond acceptors (Lipinski definition) is 2. The molecular formula is C12H16ClNO2. The topological polar surface area (TPSA) is 63.3 Å². The zero-order chi connectivity index (χ0) is 12.0. The smallest absolute Gasteiger partial charge is 0.303 e. The predicted octanol–water partition coefficient (Wildman–Crippen LogP) is 2.64. The van der Waals surface area contributed by atoms with Gasteiger partial charge in [0.1, 0.15) is 0 Å². The highest BCUT2D eigenvalue weighted by atomic mass is 35.5. The van der Waals surface area contributed by atoms with Crippen LogP contribution in [-0.2, 0) is 4.79 Å². The fourth-order valence-corrected chi connectivity index (χ4v) is 2.00. The van der Waals surface area contributed by atoms with E-state index in [-0.39, 0.29) is 12.3 Å². The van der Waals surface area contributed by atoms with Crippen molar-refractivity contribution in [2.75, 3.05) is 6.54 Å². The maximum Gasteiger partial charge on any atom is 0.303 e. The van der Waals surface area contributed by atoms with Crippen molar-refractivity contribution in [3.63, 3.8) is 0 Å². The van der Waals surface area contributed by atoms with E-state index in [0.29, 0.717) is 18.0 Å². The summed E-state index contributed by atoms with van der Waals surface area (Å²) < 4.78 is 0. The first-order chi connectivity index (χ1) is 7.65. The molecule has 0 heterocycles. The Kier molecular flexibility index (Phi) is 5.29. The van der Waals surface area contributed by atoms with Crippen LogP contribution in [0, 0.1) is 0 Å². The normalized spacial score (nSPS) is 12.4. The van der Waals surface area contributed by atoms with Crippen molar-refractivity contribution in [3.05, 3.63) is 34.9 Å². The Balaban J connectivity index is 2.60. The third-order valence-electron chi connectivity index (χ3n) is 2.57. The second-order valence-electron chi connectivity index (χ2n) is 3.74. The zero-order valence-electron chi connectivity index (χ0n) is 9.03. The van der Waals surface area contributed by atoms with Crippen LogP contribution in [0.3, 0.4) is 0 Å². The number of benzene rings is 1. The molecule has 1 unspecified atom stereocenters. The summed E-state index contributed by atoms with van der Waals surface area (Å²) in [6.45, 7) is 0.489. The molecule has 3 nitrogen and oxygen atoms in total. The molecule has 1 aromatic carbocycles. The molecule has 0 aliphatic heterocycles. The highest BCUT2D eigenvalue weighted by molar-refractivity contribution is 6.31. The summed E-state index contributed by atoms with van der Waals surface area (Å²) in [7, 11) is 0. The maximum atomic E-state index is 10.4. The highest BCUT2D eigenvalue weighted by Crippen LogP contribution is 2.27. The number of nitrogens with two attached hydrogens (primary N) is 1. The van der Waals surface area contributed by atoms with Crippen LogP contribution in [0.2, 0.25) is 5.02 Å². The minimum Gasteiger partial charge on any atom is -0.481 e. The summed E-state index contributed by atoms with van der Waals surface area (Å²) >= 11 is 6.07. The molecule has 0 aliphatic carbocycles. The zero-order valence-corrected chi connectivity index (χ0v) is 9.78. The molecule has 0 bridgehead atoms. The minimum atomic E-state index is -0.769. The summed E-state index contributed by atoms with van der Waals surface area (Å²) in [6.07, 6.45) is 1.57. The summed E-state index contributed by atoms with van der Waals surface area (Å²) in [5, 5.41) is 9.27. The van der Waals surface area contributed by atoms with Gasteiger partial charge < -0.3 is 10.8 Å². The molecule has 0 radical (unpaired) electrons. The quantitative estimate of drug-likeness (QED) is 0.805. The molecule has 1 atom stereocenters. The molecular weight excluding hydrogens is 226 g/mol. The standard InChI is InChI=1S/C12H16ClNO2/c13-11-6-2-1-5-10(11)9(8-14)4-3-7-12(15)16/h1-2,5-6,9H,3-4,7-8,14H2,(H,15,16). The molecule has 0 amide bonds. The van der Waals surface area contributed by atoms with Crippen molar-refractivity contribution >= 4 is 17.6 Å². The lowest BCUT2D eigenvalue weighted by Crippen LogP contribution is -2.13. The van der Waals surface area contributed by atoms with Gasteiger partial charge in [-0.1, -0.05) is 29.8 Å². The predicted molar refractivity (Wildman–Crippen MR) is 64.7 cm³/mol. The van der Waals surface area contributed by atoms with Crippen LogP contribution in [0.4, 0.5) is 0 Å². The monoisotopic (exact) mass is 241 g/mol. The van der Waals surface area contributed by atoms with E-state index in [4.69, 9.17) is 22.4 Å². The van der Waals surface area contributed by atoms with Gasteiger partial charge in [0.15, 0.2) is 0 Å². The molecule has 0 fully saturated rings. The van der Waals surface area contributed by atoms with Gasteiger partial charge in [-0.25, -0.2) is 0 Å². The van der Waals surface area contributed by atoms with Crippen LogP contribution < -0.4 is 5.73 Å². The number of carboxylic acids is 1. The minimum absolute atomic E-state index is 0.146. The van der Waals surface area contributed by atoms with E-state index in [0.717, 1.165) is 12.0 Å². The number of rotatable bonds is 6. The number of halogens is 1. The second kappa shape index (κ2) is 6.51. The summed E-state index contributed by atoms with van der Waals surface area (Å²) in [5.74, 6) is -0.622. The Morgan fingerprint density at radius 3 is 2.69 bits per heavy atom. The van der Waals surface area contributed by atoms with Gasteiger partial charge in [0, 0.05) is 11.4 Å². The van der Waals surface area contributed by atoms with Gasteiger partial charge in [0.05, 0.1) is 0 Å². The van der Waals surface area contributed by atoms with Crippen LogP contribution in [0.15, 0.2) is 24.3 Å². The van der Waals surface area contributed by atoms with Gasteiger partial charge >= 0.3 is 5.97 Å². The second-order valence-corrected chi connectivity index (χ2v) is 4.15. The molecule has 4 heteroatoms. The Labute approximate surface area is 100 Å². The molecule has 0 aromatic heterocycles. The van der Waals surface area contributed by atoms with Gasteiger partial charge in [0.2, 0.25) is 0 Å². The Morgan fingerprint density at radius 2 is 2.12 bits per heavy atom. The van der Waals surface area contributed by atoms with E-state index in [1.54, 1.807) is 0 Å². The van der Waals surface area contributed by atoms with Crippen molar-refractivity contribution < 1.29 is 9.90 Å². The molecule has 0 aliphatic rings.